The summed E-state index contributed by atoms with van der Waals surface area (Å²) in [6.45, 7) is 4.28. The highest BCUT2D eigenvalue weighted by atomic mass is 16.3. The number of aliphatic hydroxyl groups excluding tert-OH is 2. The van der Waals surface area contributed by atoms with Gasteiger partial charge < -0.3 is 15.5 Å². The minimum absolute atomic E-state index is 0.0787. The molecule has 0 fully saturated rings. The molecule has 0 aliphatic rings. The lowest BCUT2D eigenvalue weighted by atomic mass is 10.0. The van der Waals surface area contributed by atoms with Crippen molar-refractivity contribution in [3.8, 4) is 0 Å². The highest BCUT2D eigenvalue weighted by Gasteiger charge is 2.17. The van der Waals surface area contributed by atoms with Crippen LogP contribution in [-0.2, 0) is 4.79 Å². The van der Waals surface area contributed by atoms with Crippen LogP contribution in [0.3, 0.4) is 0 Å². The van der Waals surface area contributed by atoms with Gasteiger partial charge in [0, 0.05) is 6.42 Å². The molecule has 0 spiro atoms. The summed E-state index contributed by atoms with van der Waals surface area (Å²) in [4.78, 5) is 12.4. The SMILES string of the molecule is CCCCC/C=C\C/C=C\CCCCCCCCCCCC(=O)NC(CO)C(O)/C=C/CC/C=C/CCCCCCCCCCCCCCCC. The molecule has 51 heavy (non-hydrogen) atoms. The molecule has 0 aromatic rings. The Morgan fingerprint density at radius 1 is 0.471 bits per heavy atom. The van der Waals surface area contributed by atoms with Gasteiger partial charge in [-0.1, -0.05) is 204 Å². The van der Waals surface area contributed by atoms with Crippen LogP contribution in [0.5, 0.6) is 0 Å². The van der Waals surface area contributed by atoms with Gasteiger partial charge >= 0.3 is 0 Å². The maximum Gasteiger partial charge on any atom is 0.220 e. The Bertz CT molecular complexity index is 816. The summed E-state index contributed by atoms with van der Waals surface area (Å²) in [6, 6.07) is -0.641. The van der Waals surface area contributed by atoms with Gasteiger partial charge in [0.05, 0.1) is 18.8 Å². The van der Waals surface area contributed by atoms with Crippen molar-refractivity contribution in [3.05, 3.63) is 48.6 Å². The number of carbonyl (C=O) groups is 1. The number of nitrogens with one attached hydrogen (secondary N) is 1. The van der Waals surface area contributed by atoms with Crippen molar-refractivity contribution < 1.29 is 15.0 Å². The molecule has 298 valence electrons. The van der Waals surface area contributed by atoms with Crippen LogP contribution >= 0.6 is 0 Å². The van der Waals surface area contributed by atoms with Gasteiger partial charge in [-0.25, -0.2) is 0 Å². The van der Waals surface area contributed by atoms with Crippen LogP contribution in [-0.4, -0.2) is 34.9 Å². The maximum atomic E-state index is 12.4. The minimum atomic E-state index is -0.864. The molecule has 2 atom stereocenters. The van der Waals surface area contributed by atoms with Crippen LogP contribution in [0.2, 0.25) is 0 Å². The third kappa shape index (κ3) is 39.4. The second-order valence-electron chi connectivity index (χ2n) is 15.1. The number of rotatable bonds is 40. The van der Waals surface area contributed by atoms with E-state index in [0.29, 0.717) is 6.42 Å². The average molecular weight is 714 g/mol. The minimum Gasteiger partial charge on any atom is -0.394 e. The van der Waals surface area contributed by atoms with Crippen LogP contribution in [0.25, 0.3) is 0 Å². The van der Waals surface area contributed by atoms with E-state index in [0.717, 1.165) is 38.5 Å². The van der Waals surface area contributed by atoms with Gasteiger partial charge in [-0.05, 0) is 64.2 Å². The summed E-state index contributed by atoms with van der Waals surface area (Å²) in [5, 5.41) is 23.0. The maximum absolute atomic E-state index is 12.4. The van der Waals surface area contributed by atoms with Crippen molar-refractivity contribution >= 4 is 5.91 Å². The number of hydrogen-bond donors (Lipinski definition) is 3. The molecule has 0 aromatic carbocycles. The number of aliphatic hydroxyl groups is 2. The molecule has 0 aliphatic carbocycles. The second kappa shape index (κ2) is 42.8. The molecule has 0 saturated heterocycles. The third-order valence-corrected chi connectivity index (χ3v) is 10.0. The quantitative estimate of drug-likeness (QED) is 0.0437. The van der Waals surface area contributed by atoms with Gasteiger partial charge in [0.1, 0.15) is 0 Å². The largest absolute Gasteiger partial charge is 0.394 e. The molecule has 0 saturated carbocycles. The first-order chi connectivity index (χ1) is 25.2. The Morgan fingerprint density at radius 3 is 1.29 bits per heavy atom. The molecule has 3 N–H and O–H groups in total. The van der Waals surface area contributed by atoms with Crippen molar-refractivity contribution in [1.29, 1.82) is 0 Å². The Morgan fingerprint density at radius 2 is 0.824 bits per heavy atom. The van der Waals surface area contributed by atoms with Crippen molar-refractivity contribution in [1.82, 2.24) is 5.32 Å². The predicted octanol–water partition coefficient (Wildman–Crippen LogP) is 14.0. The Labute approximate surface area is 318 Å². The van der Waals surface area contributed by atoms with E-state index in [4.69, 9.17) is 0 Å². The zero-order chi connectivity index (χ0) is 37.1. The van der Waals surface area contributed by atoms with Gasteiger partial charge in [-0.15, -0.1) is 0 Å². The number of unbranched alkanes of at least 4 members (excludes halogenated alkanes) is 27. The van der Waals surface area contributed by atoms with Crippen LogP contribution in [0.1, 0.15) is 226 Å². The monoisotopic (exact) mass is 714 g/mol. The molecule has 0 bridgehead atoms. The molecule has 4 nitrogen and oxygen atoms in total. The number of hydrogen-bond acceptors (Lipinski definition) is 3. The Hall–Kier alpha value is -1.65. The van der Waals surface area contributed by atoms with Crippen molar-refractivity contribution in [2.45, 2.75) is 238 Å². The lowest BCUT2D eigenvalue weighted by Crippen LogP contribution is -2.45. The molecule has 0 radical (unpaired) electrons. The van der Waals surface area contributed by atoms with Crippen molar-refractivity contribution in [2.24, 2.45) is 0 Å². The van der Waals surface area contributed by atoms with E-state index in [2.05, 4.69) is 55.6 Å². The first-order valence-electron chi connectivity index (χ1n) is 22.4. The smallest absolute Gasteiger partial charge is 0.220 e. The molecule has 1 amide bonds. The predicted molar refractivity (Wildman–Crippen MR) is 225 cm³/mol. The summed E-state index contributed by atoms with van der Waals surface area (Å²) in [5.74, 6) is -0.0787. The summed E-state index contributed by atoms with van der Waals surface area (Å²) >= 11 is 0. The lowest BCUT2D eigenvalue weighted by molar-refractivity contribution is -0.123. The Balaban J connectivity index is 3.62. The molecular weight excluding hydrogens is 627 g/mol. The van der Waals surface area contributed by atoms with Gasteiger partial charge in [-0.2, -0.15) is 0 Å². The third-order valence-electron chi connectivity index (χ3n) is 10.0. The fourth-order valence-electron chi connectivity index (χ4n) is 6.58. The van der Waals surface area contributed by atoms with E-state index >= 15 is 0 Å². The molecule has 0 aliphatic heterocycles. The van der Waals surface area contributed by atoms with Crippen LogP contribution < -0.4 is 5.32 Å². The van der Waals surface area contributed by atoms with Crippen molar-refractivity contribution in [2.75, 3.05) is 6.61 Å². The highest BCUT2D eigenvalue weighted by Crippen LogP contribution is 2.14. The first-order valence-corrected chi connectivity index (χ1v) is 22.4. The molecule has 0 heterocycles. The standard InChI is InChI=1S/C47H87NO3/c1-3-5-7-9-11-13-15-17-19-21-23-25-26-28-30-32-34-36-38-40-42-46(50)45(44-49)48-47(51)43-41-39-37-35-33-31-29-27-24-22-20-18-16-14-12-10-8-6-4-2/h12,14,18,20,32,34,40,42,45-46,49-50H,3-11,13,15-17,19,21-31,33,35-39,41,43-44H2,1-2H3,(H,48,51)/b14-12-,20-18-,34-32+,42-40+. The van der Waals surface area contributed by atoms with E-state index in [1.807, 2.05) is 6.08 Å². The normalized spacial score (nSPS) is 13.4. The van der Waals surface area contributed by atoms with Gasteiger partial charge in [0.15, 0.2) is 0 Å². The molecule has 0 aromatic heterocycles. The van der Waals surface area contributed by atoms with Gasteiger partial charge in [0.25, 0.3) is 0 Å². The molecule has 0 rings (SSSR count). The fraction of sp³-hybridized carbons (Fsp3) is 0.809. The zero-order valence-corrected chi connectivity index (χ0v) is 34.1. The first kappa shape index (κ1) is 49.4. The summed E-state index contributed by atoms with van der Waals surface area (Å²) < 4.78 is 0. The van der Waals surface area contributed by atoms with Crippen LogP contribution in [0.4, 0.5) is 0 Å². The molecular formula is C47H87NO3. The van der Waals surface area contributed by atoms with E-state index in [1.54, 1.807) is 6.08 Å². The topological polar surface area (TPSA) is 69.6 Å². The second-order valence-corrected chi connectivity index (χ2v) is 15.1. The highest BCUT2D eigenvalue weighted by molar-refractivity contribution is 5.76. The Kier molecular flexibility index (Phi) is 41.4. The van der Waals surface area contributed by atoms with Crippen molar-refractivity contribution in [3.63, 3.8) is 0 Å². The van der Waals surface area contributed by atoms with Gasteiger partial charge in [0.2, 0.25) is 5.91 Å². The number of carbonyl (C=O) groups excluding carboxylic acids is 1. The zero-order valence-electron chi connectivity index (χ0n) is 34.1. The lowest BCUT2D eigenvalue weighted by Gasteiger charge is -2.19. The van der Waals surface area contributed by atoms with E-state index in [-0.39, 0.29) is 12.5 Å². The molecule has 2 unspecified atom stereocenters. The number of amides is 1. The average Bonchev–Trinajstić information content (AvgIpc) is 3.13. The summed E-state index contributed by atoms with van der Waals surface area (Å²) in [5.41, 5.74) is 0. The summed E-state index contributed by atoms with van der Waals surface area (Å²) in [6.07, 6.45) is 57.9. The number of allylic oxidation sites excluding steroid dienone is 7. The fourth-order valence-corrected chi connectivity index (χ4v) is 6.58. The van der Waals surface area contributed by atoms with Gasteiger partial charge in [-0.3, -0.25) is 4.79 Å². The van der Waals surface area contributed by atoms with Crippen LogP contribution in [0, 0.1) is 0 Å². The molecule has 4 heteroatoms. The summed E-state index contributed by atoms with van der Waals surface area (Å²) in [7, 11) is 0. The van der Waals surface area contributed by atoms with Crippen LogP contribution in [0.15, 0.2) is 48.6 Å². The van der Waals surface area contributed by atoms with E-state index < -0.39 is 12.1 Å². The van der Waals surface area contributed by atoms with E-state index in [9.17, 15) is 15.0 Å². The van der Waals surface area contributed by atoms with E-state index in [1.165, 1.54) is 167 Å².